The Bertz CT molecular complexity index is 732. The predicted octanol–water partition coefficient (Wildman–Crippen LogP) is 3.43. The molecule has 2 aliphatic heterocycles. The maximum absolute atomic E-state index is 13.0. The number of carbonyl (C=O) groups is 1. The van der Waals surface area contributed by atoms with Crippen molar-refractivity contribution in [3.05, 3.63) is 36.5 Å². The van der Waals surface area contributed by atoms with Crippen molar-refractivity contribution in [1.29, 1.82) is 0 Å². The Balaban J connectivity index is 1.50. The summed E-state index contributed by atoms with van der Waals surface area (Å²) in [6.45, 7) is 2.77. The number of amides is 2. The van der Waals surface area contributed by atoms with Gasteiger partial charge in [0.15, 0.2) is 0 Å². The zero-order chi connectivity index (χ0) is 17.8. The standard InChI is InChI=1S/C20H25N3O3/c24-20(22-18-9-1-5-15-6-2-10-21-19(15)18)23(13-16-7-3-11-25-16)14-17-8-4-12-26-17/h1-2,5-6,9-10,16-17H,3-4,7-8,11-14H2,(H,22,24)/t16-,17+. The summed E-state index contributed by atoms with van der Waals surface area (Å²) < 4.78 is 11.5. The van der Waals surface area contributed by atoms with E-state index in [4.69, 9.17) is 9.47 Å². The van der Waals surface area contributed by atoms with Gasteiger partial charge in [0.05, 0.1) is 23.4 Å². The SMILES string of the molecule is O=C(Nc1cccc2cccnc12)N(C[C@H]1CCCO1)C[C@@H]1CCCO1. The highest BCUT2D eigenvalue weighted by molar-refractivity contribution is 5.99. The first-order valence-corrected chi connectivity index (χ1v) is 9.42. The van der Waals surface area contributed by atoms with E-state index in [0.29, 0.717) is 13.1 Å². The molecule has 2 saturated heterocycles. The van der Waals surface area contributed by atoms with Gasteiger partial charge in [0.25, 0.3) is 0 Å². The molecule has 0 spiro atoms. The largest absolute Gasteiger partial charge is 0.376 e. The van der Waals surface area contributed by atoms with Crippen molar-refractivity contribution in [2.45, 2.75) is 37.9 Å². The molecule has 26 heavy (non-hydrogen) atoms. The molecule has 6 nitrogen and oxygen atoms in total. The van der Waals surface area contributed by atoms with Crippen molar-refractivity contribution < 1.29 is 14.3 Å². The number of nitrogens with zero attached hydrogens (tertiary/aromatic N) is 2. The van der Waals surface area contributed by atoms with Gasteiger partial charge in [-0.1, -0.05) is 18.2 Å². The number of para-hydroxylation sites is 1. The van der Waals surface area contributed by atoms with Crippen molar-refractivity contribution in [1.82, 2.24) is 9.88 Å². The lowest BCUT2D eigenvalue weighted by molar-refractivity contribution is 0.0524. The molecule has 2 aliphatic rings. The minimum absolute atomic E-state index is 0.117. The average Bonchev–Trinajstić information content (AvgIpc) is 3.35. The highest BCUT2D eigenvalue weighted by Crippen LogP contribution is 2.22. The van der Waals surface area contributed by atoms with Crippen LogP contribution < -0.4 is 5.32 Å². The van der Waals surface area contributed by atoms with Crippen LogP contribution in [0.4, 0.5) is 10.5 Å². The van der Waals surface area contributed by atoms with Crippen LogP contribution in [-0.4, -0.2) is 54.4 Å². The smallest absolute Gasteiger partial charge is 0.322 e. The van der Waals surface area contributed by atoms with Crippen molar-refractivity contribution >= 4 is 22.6 Å². The Labute approximate surface area is 153 Å². The molecule has 0 bridgehead atoms. The summed E-state index contributed by atoms with van der Waals surface area (Å²) in [7, 11) is 0. The minimum atomic E-state index is -0.117. The van der Waals surface area contributed by atoms with Crippen LogP contribution in [0.1, 0.15) is 25.7 Å². The summed E-state index contributed by atoms with van der Waals surface area (Å²) >= 11 is 0. The molecule has 0 saturated carbocycles. The molecule has 0 unspecified atom stereocenters. The number of urea groups is 1. The molecule has 1 aromatic carbocycles. The van der Waals surface area contributed by atoms with Gasteiger partial charge < -0.3 is 19.7 Å². The molecular formula is C20H25N3O3. The van der Waals surface area contributed by atoms with Crippen LogP contribution in [0.3, 0.4) is 0 Å². The number of rotatable bonds is 5. The molecule has 3 heterocycles. The lowest BCUT2D eigenvalue weighted by Gasteiger charge is -2.28. The number of fused-ring (bicyclic) bond motifs is 1. The number of anilines is 1. The Morgan fingerprint density at radius 2 is 1.77 bits per heavy atom. The average molecular weight is 355 g/mol. The Kier molecular flexibility index (Phi) is 5.32. The Morgan fingerprint density at radius 3 is 2.42 bits per heavy atom. The van der Waals surface area contributed by atoms with Gasteiger partial charge in [-0.2, -0.15) is 0 Å². The van der Waals surface area contributed by atoms with E-state index < -0.39 is 0 Å². The predicted molar refractivity (Wildman–Crippen MR) is 100 cm³/mol. The molecule has 2 atom stereocenters. The molecule has 2 fully saturated rings. The van der Waals surface area contributed by atoms with Crippen molar-refractivity contribution in [2.75, 3.05) is 31.6 Å². The highest BCUT2D eigenvalue weighted by atomic mass is 16.5. The van der Waals surface area contributed by atoms with Gasteiger partial charge in [0, 0.05) is 37.9 Å². The topological polar surface area (TPSA) is 63.7 Å². The van der Waals surface area contributed by atoms with E-state index in [0.717, 1.165) is 55.5 Å². The fourth-order valence-electron chi connectivity index (χ4n) is 3.71. The minimum Gasteiger partial charge on any atom is -0.376 e. The molecule has 2 aromatic rings. The molecule has 6 heteroatoms. The first kappa shape index (κ1) is 17.2. The second-order valence-electron chi connectivity index (χ2n) is 6.99. The quantitative estimate of drug-likeness (QED) is 0.892. The fourth-order valence-corrected chi connectivity index (χ4v) is 3.71. The Hall–Kier alpha value is -2.18. The van der Waals surface area contributed by atoms with Gasteiger partial charge in [-0.05, 0) is 37.8 Å². The summed E-state index contributed by atoms with van der Waals surface area (Å²) in [5.41, 5.74) is 1.54. The third-order valence-corrected chi connectivity index (χ3v) is 5.06. The first-order chi connectivity index (χ1) is 12.8. The number of carbonyl (C=O) groups excluding carboxylic acids is 1. The zero-order valence-electron chi connectivity index (χ0n) is 14.9. The van der Waals surface area contributed by atoms with Crippen molar-refractivity contribution in [3.8, 4) is 0 Å². The van der Waals surface area contributed by atoms with Gasteiger partial charge in [-0.25, -0.2) is 4.79 Å². The third kappa shape index (κ3) is 3.97. The van der Waals surface area contributed by atoms with Crippen LogP contribution in [0.5, 0.6) is 0 Å². The molecule has 2 amide bonds. The third-order valence-electron chi connectivity index (χ3n) is 5.06. The molecule has 138 valence electrons. The van der Waals surface area contributed by atoms with E-state index >= 15 is 0 Å². The maximum Gasteiger partial charge on any atom is 0.322 e. The van der Waals surface area contributed by atoms with Crippen molar-refractivity contribution in [3.63, 3.8) is 0 Å². The monoisotopic (exact) mass is 355 g/mol. The highest BCUT2D eigenvalue weighted by Gasteiger charge is 2.27. The van der Waals surface area contributed by atoms with Gasteiger partial charge >= 0.3 is 6.03 Å². The number of nitrogens with one attached hydrogen (secondary N) is 1. The van der Waals surface area contributed by atoms with Gasteiger partial charge in [-0.3, -0.25) is 4.98 Å². The van der Waals surface area contributed by atoms with E-state index in [1.165, 1.54) is 0 Å². The number of ether oxygens (including phenoxy) is 2. The van der Waals surface area contributed by atoms with Crippen molar-refractivity contribution in [2.24, 2.45) is 0 Å². The van der Waals surface area contributed by atoms with E-state index in [1.54, 1.807) is 6.20 Å². The maximum atomic E-state index is 13.0. The van der Waals surface area contributed by atoms with E-state index in [-0.39, 0.29) is 18.2 Å². The van der Waals surface area contributed by atoms with E-state index in [9.17, 15) is 4.79 Å². The van der Waals surface area contributed by atoms with E-state index in [2.05, 4.69) is 10.3 Å². The lowest BCUT2D eigenvalue weighted by atomic mass is 10.2. The first-order valence-electron chi connectivity index (χ1n) is 9.42. The van der Waals surface area contributed by atoms with Crippen LogP contribution in [0.2, 0.25) is 0 Å². The van der Waals surface area contributed by atoms with Crippen LogP contribution in [0.25, 0.3) is 10.9 Å². The summed E-state index contributed by atoms with van der Waals surface area (Å²) in [6.07, 6.45) is 6.12. The molecule has 1 N–H and O–H groups in total. The normalized spacial score (nSPS) is 22.6. The van der Waals surface area contributed by atoms with Crippen LogP contribution in [0.15, 0.2) is 36.5 Å². The van der Waals surface area contributed by atoms with E-state index in [1.807, 2.05) is 35.2 Å². The molecule has 0 radical (unpaired) electrons. The van der Waals surface area contributed by atoms with Gasteiger partial charge in [0.2, 0.25) is 0 Å². The number of hydrogen-bond acceptors (Lipinski definition) is 4. The second-order valence-corrected chi connectivity index (χ2v) is 6.99. The summed E-state index contributed by atoms with van der Waals surface area (Å²) in [5.74, 6) is 0. The number of aromatic nitrogens is 1. The molecule has 0 aliphatic carbocycles. The second kappa shape index (κ2) is 8.01. The Morgan fingerprint density at radius 1 is 1.08 bits per heavy atom. The fraction of sp³-hybridized carbons (Fsp3) is 0.500. The van der Waals surface area contributed by atoms with Gasteiger partial charge in [0.1, 0.15) is 0 Å². The molecule has 4 rings (SSSR count). The lowest BCUT2D eigenvalue weighted by Crippen LogP contribution is -2.44. The molecule has 1 aromatic heterocycles. The summed E-state index contributed by atoms with van der Waals surface area (Å²) in [5, 5.41) is 4.06. The van der Waals surface area contributed by atoms with Crippen LogP contribution >= 0.6 is 0 Å². The van der Waals surface area contributed by atoms with Crippen LogP contribution in [0, 0.1) is 0 Å². The van der Waals surface area contributed by atoms with Gasteiger partial charge in [-0.15, -0.1) is 0 Å². The number of pyridine rings is 1. The van der Waals surface area contributed by atoms with Crippen LogP contribution in [-0.2, 0) is 9.47 Å². The number of hydrogen-bond donors (Lipinski definition) is 1. The summed E-state index contributed by atoms with van der Waals surface area (Å²) in [4.78, 5) is 19.3. The molecular weight excluding hydrogens is 330 g/mol. The zero-order valence-corrected chi connectivity index (χ0v) is 14.9. The number of benzene rings is 1. The summed E-state index contributed by atoms with van der Waals surface area (Å²) in [6, 6.07) is 9.60.